The average Bonchev–Trinajstić information content (AvgIpc) is 2.16. The van der Waals surface area contributed by atoms with Gasteiger partial charge in [-0.2, -0.15) is 0 Å². The number of amides is 2. The summed E-state index contributed by atoms with van der Waals surface area (Å²) in [6.07, 6.45) is 0. The lowest BCUT2D eigenvalue weighted by Crippen LogP contribution is -2.48. The van der Waals surface area contributed by atoms with E-state index in [1.54, 1.807) is 20.8 Å². The van der Waals surface area contributed by atoms with E-state index in [-0.39, 0.29) is 23.8 Å². The van der Waals surface area contributed by atoms with Crippen molar-refractivity contribution >= 4 is 11.8 Å². The van der Waals surface area contributed by atoms with Gasteiger partial charge in [0.2, 0.25) is 11.8 Å². The van der Waals surface area contributed by atoms with Crippen molar-refractivity contribution in [2.24, 2.45) is 11.7 Å². The van der Waals surface area contributed by atoms with Crippen LogP contribution in [0.2, 0.25) is 0 Å². The molecule has 0 aromatic rings. The van der Waals surface area contributed by atoms with E-state index in [2.05, 4.69) is 10.6 Å². The first-order valence-corrected chi connectivity index (χ1v) is 5.23. The molecule has 0 aromatic carbocycles. The minimum atomic E-state index is -0.515. The lowest BCUT2D eigenvalue weighted by Gasteiger charge is -2.19. The molecule has 3 atom stereocenters. The van der Waals surface area contributed by atoms with Crippen molar-refractivity contribution < 1.29 is 9.59 Å². The van der Waals surface area contributed by atoms with Crippen LogP contribution in [0.5, 0.6) is 0 Å². The van der Waals surface area contributed by atoms with Gasteiger partial charge in [-0.3, -0.25) is 9.59 Å². The van der Waals surface area contributed by atoms with E-state index in [0.29, 0.717) is 6.54 Å². The highest BCUT2D eigenvalue weighted by Crippen LogP contribution is 2.00. The third-order valence-corrected chi connectivity index (χ3v) is 2.31. The summed E-state index contributed by atoms with van der Waals surface area (Å²) in [6, 6.07) is -0.731. The van der Waals surface area contributed by atoms with Crippen molar-refractivity contribution in [3.8, 4) is 0 Å². The normalized spacial score (nSPS) is 16.3. The number of carbonyl (C=O) groups is 2. The van der Waals surface area contributed by atoms with E-state index in [1.165, 1.54) is 0 Å². The van der Waals surface area contributed by atoms with Crippen molar-refractivity contribution in [2.75, 3.05) is 6.54 Å². The highest BCUT2D eigenvalue weighted by molar-refractivity contribution is 5.88. The lowest BCUT2D eigenvalue weighted by atomic mass is 10.0. The predicted octanol–water partition coefficient (Wildman–Crippen LogP) is -0.389. The Morgan fingerprint density at radius 1 is 1.20 bits per heavy atom. The first kappa shape index (κ1) is 13.9. The second-order valence-corrected chi connectivity index (χ2v) is 3.77. The minimum Gasteiger partial charge on any atom is -0.355 e. The first-order chi connectivity index (χ1) is 6.90. The van der Waals surface area contributed by atoms with Crippen molar-refractivity contribution in [3.63, 3.8) is 0 Å². The van der Waals surface area contributed by atoms with Crippen LogP contribution >= 0.6 is 0 Å². The molecule has 0 saturated carbocycles. The van der Waals surface area contributed by atoms with E-state index in [4.69, 9.17) is 5.73 Å². The Kier molecular flexibility index (Phi) is 5.93. The number of hydrogen-bond donors (Lipinski definition) is 3. The van der Waals surface area contributed by atoms with Gasteiger partial charge < -0.3 is 16.4 Å². The third kappa shape index (κ3) is 4.78. The van der Waals surface area contributed by atoms with Crippen molar-refractivity contribution in [2.45, 2.75) is 39.8 Å². The Morgan fingerprint density at radius 2 is 1.73 bits per heavy atom. The molecule has 0 aliphatic carbocycles. The zero-order valence-corrected chi connectivity index (χ0v) is 9.83. The fraction of sp³-hybridized carbons (Fsp3) is 0.800. The van der Waals surface area contributed by atoms with E-state index in [0.717, 1.165) is 0 Å². The quantitative estimate of drug-likeness (QED) is 0.584. The fourth-order valence-electron chi connectivity index (χ4n) is 0.976. The Balaban J connectivity index is 4.12. The third-order valence-electron chi connectivity index (χ3n) is 2.31. The van der Waals surface area contributed by atoms with E-state index >= 15 is 0 Å². The number of carbonyl (C=O) groups excluding carboxylic acids is 2. The highest BCUT2D eigenvalue weighted by atomic mass is 16.2. The smallest absolute Gasteiger partial charge is 0.242 e. The van der Waals surface area contributed by atoms with Gasteiger partial charge in [0.05, 0.1) is 0 Å². The molecule has 0 radical (unpaired) electrons. The van der Waals surface area contributed by atoms with Crippen LogP contribution in [-0.4, -0.2) is 30.4 Å². The molecular weight excluding hydrogens is 194 g/mol. The number of rotatable bonds is 5. The molecule has 0 bridgehead atoms. The molecule has 4 N–H and O–H groups in total. The van der Waals surface area contributed by atoms with Crippen LogP contribution in [0.25, 0.3) is 0 Å². The van der Waals surface area contributed by atoms with Gasteiger partial charge in [0.25, 0.3) is 0 Å². The summed E-state index contributed by atoms with van der Waals surface area (Å²) < 4.78 is 0. The van der Waals surface area contributed by atoms with Crippen LogP contribution in [0.4, 0.5) is 0 Å². The summed E-state index contributed by atoms with van der Waals surface area (Å²) in [5, 5.41) is 5.25. The molecular formula is C10H21N3O2. The molecule has 0 heterocycles. The fourth-order valence-corrected chi connectivity index (χ4v) is 0.976. The lowest BCUT2D eigenvalue weighted by molar-refractivity contribution is -0.130. The maximum atomic E-state index is 11.5. The second kappa shape index (κ2) is 6.40. The summed E-state index contributed by atoms with van der Waals surface area (Å²) in [7, 11) is 0. The molecule has 0 rings (SSSR count). The molecule has 0 aromatic heterocycles. The Hall–Kier alpha value is -1.10. The molecule has 0 fully saturated rings. The van der Waals surface area contributed by atoms with Crippen molar-refractivity contribution in [1.82, 2.24) is 10.6 Å². The van der Waals surface area contributed by atoms with Crippen molar-refractivity contribution in [3.05, 3.63) is 0 Å². The molecule has 15 heavy (non-hydrogen) atoms. The monoisotopic (exact) mass is 215 g/mol. The zero-order chi connectivity index (χ0) is 12.0. The summed E-state index contributed by atoms with van der Waals surface area (Å²) in [5.74, 6) is -0.659. The Bertz CT molecular complexity index is 229. The molecule has 0 spiro atoms. The molecule has 0 aliphatic heterocycles. The number of likely N-dealkylation sites (N-methyl/N-ethyl adjacent to an activating group) is 1. The van der Waals surface area contributed by atoms with Gasteiger partial charge in [-0.15, -0.1) is 0 Å². The van der Waals surface area contributed by atoms with Gasteiger partial charge in [0.1, 0.15) is 6.04 Å². The molecule has 5 nitrogen and oxygen atoms in total. The Labute approximate surface area is 90.8 Å². The van der Waals surface area contributed by atoms with Gasteiger partial charge in [-0.25, -0.2) is 0 Å². The molecule has 5 heteroatoms. The predicted molar refractivity (Wildman–Crippen MR) is 59.1 cm³/mol. The van der Waals surface area contributed by atoms with Gasteiger partial charge in [-0.1, -0.05) is 6.92 Å². The summed E-state index contributed by atoms with van der Waals surface area (Å²) in [6.45, 7) is 7.54. The van der Waals surface area contributed by atoms with Crippen LogP contribution in [0.3, 0.4) is 0 Å². The largest absolute Gasteiger partial charge is 0.355 e. The first-order valence-electron chi connectivity index (χ1n) is 5.23. The standard InChI is InChI=1S/C10H21N3O2/c1-5-12-10(15)8(4)13-9(14)6(2)7(3)11/h6-8H,5,11H2,1-4H3,(H,12,15)(H,13,14). The summed E-state index contributed by atoms with van der Waals surface area (Å²) in [4.78, 5) is 22.8. The molecule has 0 saturated heterocycles. The van der Waals surface area contributed by atoms with Crippen LogP contribution < -0.4 is 16.4 Å². The second-order valence-electron chi connectivity index (χ2n) is 3.77. The number of hydrogen-bond acceptors (Lipinski definition) is 3. The minimum absolute atomic E-state index is 0.178. The highest BCUT2D eigenvalue weighted by Gasteiger charge is 2.21. The number of nitrogens with one attached hydrogen (secondary N) is 2. The Morgan fingerprint density at radius 3 is 2.13 bits per heavy atom. The summed E-state index contributed by atoms with van der Waals surface area (Å²) >= 11 is 0. The van der Waals surface area contributed by atoms with Gasteiger partial charge in [0, 0.05) is 18.5 Å². The maximum absolute atomic E-state index is 11.5. The van der Waals surface area contributed by atoms with E-state index < -0.39 is 6.04 Å². The zero-order valence-electron chi connectivity index (χ0n) is 9.83. The van der Waals surface area contributed by atoms with Gasteiger partial charge >= 0.3 is 0 Å². The van der Waals surface area contributed by atoms with Crippen LogP contribution in [-0.2, 0) is 9.59 Å². The number of nitrogens with two attached hydrogens (primary N) is 1. The van der Waals surface area contributed by atoms with Crippen molar-refractivity contribution in [1.29, 1.82) is 0 Å². The van der Waals surface area contributed by atoms with Crippen LogP contribution in [0.1, 0.15) is 27.7 Å². The van der Waals surface area contributed by atoms with Gasteiger partial charge in [-0.05, 0) is 20.8 Å². The maximum Gasteiger partial charge on any atom is 0.242 e. The van der Waals surface area contributed by atoms with E-state index in [9.17, 15) is 9.59 Å². The van der Waals surface area contributed by atoms with Crippen LogP contribution in [0, 0.1) is 5.92 Å². The average molecular weight is 215 g/mol. The topological polar surface area (TPSA) is 84.2 Å². The summed E-state index contributed by atoms with van der Waals surface area (Å²) in [5.41, 5.74) is 5.59. The molecule has 88 valence electrons. The molecule has 2 amide bonds. The SMILES string of the molecule is CCNC(=O)C(C)NC(=O)C(C)C(C)N. The molecule has 0 aliphatic rings. The van der Waals surface area contributed by atoms with Gasteiger partial charge in [0.15, 0.2) is 0 Å². The van der Waals surface area contributed by atoms with E-state index in [1.807, 2.05) is 6.92 Å². The van der Waals surface area contributed by atoms with Crippen LogP contribution in [0.15, 0.2) is 0 Å². The molecule has 3 unspecified atom stereocenters.